The number of piperidine rings is 1. The fourth-order valence-electron chi connectivity index (χ4n) is 13.1. The highest BCUT2D eigenvalue weighted by Crippen LogP contribution is 2.82. The molecule has 12 heteroatoms. The van der Waals surface area contributed by atoms with Gasteiger partial charge in [-0.15, -0.1) is 0 Å². The van der Waals surface area contributed by atoms with Gasteiger partial charge in [-0.2, -0.15) is 0 Å². The number of para-hydroxylation sites is 1. The number of anilines is 1. The summed E-state index contributed by atoms with van der Waals surface area (Å²) < 4.78 is 25.1. The summed E-state index contributed by atoms with van der Waals surface area (Å²) in [6, 6.07) is 6.05. The zero-order chi connectivity index (χ0) is 34.1. The van der Waals surface area contributed by atoms with Gasteiger partial charge in [0.1, 0.15) is 5.60 Å². The van der Waals surface area contributed by atoms with E-state index >= 15 is 0 Å². The van der Waals surface area contributed by atoms with Gasteiger partial charge in [-0.3, -0.25) is 14.5 Å². The predicted molar refractivity (Wildman–Crippen MR) is 170 cm³/mol. The van der Waals surface area contributed by atoms with Crippen LogP contribution in [0.2, 0.25) is 0 Å². The van der Waals surface area contributed by atoms with Crippen LogP contribution in [-0.4, -0.2) is 121 Å². The van der Waals surface area contributed by atoms with Crippen molar-refractivity contribution in [3.8, 4) is 0 Å². The van der Waals surface area contributed by atoms with E-state index in [0.717, 1.165) is 4.90 Å². The monoisotopic (exact) mass is 668 g/mol. The number of fused-ring (bicyclic) bond motifs is 1. The Morgan fingerprint density at radius 1 is 1.06 bits per heavy atom. The Kier molecular flexibility index (Phi) is 7.35. The number of benzene rings is 1. The molecule has 262 valence electrons. The molecule has 7 fully saturated rings. The average Bonchev–Trinajstić information content (AvgIpc) is 3.69. The second-order valence-corrected chi connectivity index (χ2v) is 15.8. The molecule has 2 amide bonds. The van der Waals surface area contributed by atoms with Gasteiger partial charge in [0.25, 0.3) is 0 Å². The number of likely N-dealkylation sites (tertiary alicyclic amines) is 1. The maximum Gasteiger partial charge on any atom is 0.340 e. The molecule has 14 unspecified atom stereocenters. The molecule has 7 bridgehead atoms. The van der Waals surface area contributed by atoms with Crippen LogP contribution in [0.4, 0.5) is 5.69 Å². The molecular formula is C36H48N2O10. The molecule has 0 radical (unpaired) electrons. The van der Waals surface area contributed by atoms with Crippen LogP contribution >= 0.6 is 0 Å². The molecule has 5 aliphatic carbocycles. The lowest BCUT2D eigenvalue weighted by molar-refractivity contribution is -0.303. The maximum atomic E-state index is 14.0. The zero-order valence-electron chi connectivity index (χ0n) is 28.3. The summed E-state index contributed by atoms with van der Waals surface area (Å²) in [6.07, 6.45) is -1.12. The van der Waals surface area contributed by atoms with E-state index in [1.807, 2.05) is 6.92 Å². The average molecular weight is 669 g/mol. The predicted octanol–water partition coefficient (Wildman–Crippen LogP) is 1.38. The molecule has 0 aromatic heterocycles. The van der Waals surface area contributed by atoms with Crippen LogP contribution in [0.5, 0.6) is 0 Å². The summed E-state index contributed by atoms with van der Waals surface area (Å²) in [6.45, 7) is 4.85. The van der Waals surface area contributed by atoms with Crippen molar-refractivity contribution in [3.63, 3.8) is 0 Å². The van der Waals surface area contributed by atoms with Crippen molar-refractivity contribution in [1.82, 2.24) is 4.90 Å². The second kappa shape index (κ2) is 10.8. The molecule has 5 saturated carbocycles. The largest absolute Gasteiger partial charge is 0.461 e. The first kappa shape index (κ1) is 32.7. The van der Waals surface area contributed by atoms with Crippen molar-refractivity contribution in [1.29, 1.82) is 0 Å². The lowest BCUT2D eigenvalue weighted by Crippen LogP contribution is -2.80. The number of aliphatic hydroxyl groups is 3. The molecule has 48 heavy (non-hydrogen) atoms. The summed E-state index contributed by atoms with van der Waals surface area (Å²) in [7, 11) is 4.91. The van der Waals surface area contributed by atoms with E-state index in [1.165, 1.54) is 0 Å². The number of likely N-dealkylation sites (N-methyl/N-ethyl adjacent to an activating group) is 1. The normalized spacial score (nSPS) is 48.7. The Morgan fingerprint density at radius 2 is 1.79 bits per heavy atom. The summed E-state index contributed by atoms with van der Waals surface area (Å²) >= 11 is 0. The van der Waals surface area contributed by atoms with Crippen molar-refractivity contribution < 1.29 is 48.7 Å². The number of hydrogen-bond donors (Lipinski definition) is 3. The first-order valence-electron chi connectivity index (χ1n) is 17.5. The Morgan fingerprint density at radius 3 is 2.44 bits per heavy atom. The van der Waals surface area contributed by atoms with Crippen molar-refractivity contribution in [3.05, 3.63) is 29.8 Å². The van der Waals surface area contributed by atoms with Crippen molar-refractivity contribution in [2.24, 2.45) is 39.9 Å². The molecule has 12 nitrogen and oxygen atoms in total. The van der Waals surface area contributed by atoms with Crippen LogP contribution < -0.4 is 4.90 Å². The Balaban J connectivity index is 1.23. The van der Waals surface area contributed by atoms with Crippen molar-refractivity contribution >= 4 is 23.5 Å². The fraction of sp³-hybridized carbons (Fsp3) is 0.750. The number of hydrogen-bond acceptors (Lipinski definition) is 11. The van der Waals surface area contributed by atoms with Gasteiger partial charge in [0.2, 0.25) is 11.8 Å². The van der Waals surface area contributed by atoms with Gasteiger partial charge < -0.3 is 34.3 Å². The van der Waals surface area contributed by atoms with E-state index in [-0.39, 0.29) is 60.0 Å². The SMILES string of the molecule is CCN1CC2(COC(=O)c3ccccc3N3C(=O)CC(C)C3=O)CCC(OC)C34C2C(OC)C(O)(C(O)C25CC(O)C(CC23)C5OC)C14. The number of aliphatic hydroxyl groups excluding tert-OH is 2. The van der Waals surface area contributed by atoms with Crippen molar-refractivity contribution in [2.45, 2.75) is 88.1 Å². The summed E-state index contributed by atoms with van der Waals surface area (Å²) in [5, 5.41) is 36.9. The molecule has 1 aromatic rings. The number of imide groups is 1. The summed E-state index contributed by atoms with van der Waals surface area (Å²) in [5.74, 6) is -2.50. The highest BCUT2D eigenvalue weighted by atomic mass is 16.5. The molecule has 2 aliphatic heterocycles. The number of rotatable bonds is 8. The molecule has 3 N–H and O–H groups in total. The van der Waals surface area contributed by atoms with Crippen LogP contribution in [0.15, 0.2) is 24.3 Å². The van der Waals surface area contributed by atoms with Crippen molar-refractivity contribution in [2.75, 3.05) is 45.9 Å². The molecular weight excluding hydrogens is 620 g/mol. The highest BCUT2D eigenvalue weighted by Gasteiger charge is 2.91. The molecule has 2 heterocycles. The van der Waals surface area contributed by atoms with E-state index < -0.39 is 64.2 Å². The smallest absolute Gasteiger partial charge is 0.340 e. The molecule has 8 rings (SSSR count). The van der Waals surface area contributed by atoms with Crippen LogP contribution in [0.3, 0.4) is 0 Å². The first-order chi connectivity index (χ1) is 22.9. The van der Waals surface area contributed by atoms with E-state index in [0.29, 0.717) is 38.8 Å². The third-order valence-electron chi connectivity index (χ3n) is 14.3. The zero-order valence-corrected chi connectivity index (χ0v) is 28.3. The fourth-order valence-corrected chi connectivity index (χ4v) is 13.1. The van der Waals surface area contributed by atoms with E-state index in [9.17, 15) is 29.7 Å². The topological polar surface area (TPSA) is 155 Å². The van der Waals surface area contributed by atoms with Crippen LogP contribution in [-0.2, 0) is 28.5 Å². The lowest BCUT2D eigenvalue weighted by atomic mass is 9.41. The highest BCUT2D eigenvalue weighted by molar-refractivity contribution is 6.22. The standard InChI is InChI=1S/C36H48N2O10/c1-6-37-16-33(17-48-30(42)19-9-7-8-10-21(19)38-25(40)13-18(2)29(38)41)12-11-24(45-3)35-23-14-20-22(39)15-34(23,27(20)46-4)32(43)36(44,31(35)37)28(47-5)26(33)35/h7-10,18,20,22-24,26-28,31-32,39,43-44H,6,11-17H2,1-5H3. The number of esters is 1. The summed E-state index contributed by atoms with van der Waals surface area (Å²) in [5.41, 5.74) is -3.65. The number of carbonyl (C=O) groups excluding carboxylic acids is 3. The second-order valence-electron chi connectivity index (χ2n) is 15.8. The third-order valence-corrected chi connectivity index (χ3v) is 14.3. The molecule has 1 aromatic carbocycles. The third kappa shape index (κ3) is 3.57. The Labute approximate surface area is 280 Å². The Hall–Kier alpha value is -2.45. The lowest BCUT2D eigenvalue weighted by Gasteiger charge is -2.70. The van der Waals surface area contributed by atoms with Gasteiger partial charge in [-0.1, -0.05) is 26.0 Å². The number of methoxy groups -OCH3 is 3. The number of carbonyl (C=O) groups is 3. The minimum atomic E-state index is -1.71. The van der Waals surface area contributed by atoms with Gasteiger partial charge in [0.15, 0.2) is 0 Å². The van der Waals surface area contributed by atoms with E-state index in [4.69, 9.17) is 18.9 Å². The van der Waals surface area contributed by atoms with E-state index in [1.54, 1.807) is 52.5 Å². The van der Waals surface area contributed by atoms with Crippen LogP contribution in [0.25, 0.3) is 0 Å². The molecule has 2 spiro atoms. The van der Waals surface area contributed by atoms with Gasteiger partial charge >= 0.3 is 5.97 Å². The number of nitrogens with zero attached hydrogens (tertiary/aromatic N) is 2. The quantitative estimate of drug-likeness (QED) is 0.272. The maximum absolute atomic E-state index is 14.0. The minimum absolute atomic E-state index is 0.00997. The first-order valence-corrected chi connectivity index (χ1v) is 17.5. The number of amides is 2. The number of ether oxygens (including phenoxy) is 4. The van der Waals surface area contributed by atoms with E-state index in [2.05, 4.69) is 4.90 Å². The Bertz CT molecular complexity index is 1540. The van der Waals surface area contributed by atoms with Gasteiger partial charge in [0.05, 0.1) is 54.4 Å². The summed E-state index contributed by atoms with van der Waals surface area (Å²) in [4.78, 5) is 43.1. The molecule has 14 atom stereocenters. The minimum Gasteiger partial charge on any atom is -0.461 e. The van der Waals surface area contributed by atoms with Gasteiger partial charge in [-0.05, 0) is 50.3 Å². The molecule has 2 saturated heterocycles. The van der Waals surface area contributed by atoms with Crippen LogP contribution in [0, 0.1) is 39.9 Å². The van der Waals surface area contributed by atoms with Crippen LogP contribution in [0.1, 0.15) is 56.3 Å². The molecule has 7 aliphatic rings. The van der Waals surface area contributed by atoms with Gasteiger partial charge in [-0.25, -0.2) is 9.69 Å². The van der Waals surface area contributed by atoms with Gasteiger partial charge in [0, 0.05) is 68.3 Å².